The number of aliphatic imine (C=N–C) groups is 1. The van der Waals surface area contributed by atoms with E-state index in [2.05, 4.69) is 4.99 Å². The first-order chi connectivity index (χ1) is 11.7. The zero-order chi connectivity index (χ0) is 16.9. The molecule has 0 saturated carbocycles. The summed E-state index contributed by atoms with van der Waals surface area (Å²) < 4.78 is 5.12. The van der Waals surface area contributed by atoms with Crippen molar-refractivity contribution in [1.82, 2.24) is 4.90 Å². The summed E-state index contributed by atoms with van der Waals surface area (Å²) in [5.41, 5.74) is 0.979. The van der Waals surface area contributed by atoms with Crippen molar-refractivity contribution in [3.63, 3.8) is 0 Å². The van der Waals surface area contributed by atoms with Crippen LogP contribution in [0, 0.1) is 5.92 Å². The summed E-state index contributed by atoms with van der Waals surface area (Å²) >= 11 is 1.38. The Balaban J connectivity index is 1.68. The molecule has 0 radical (unpaired) electrons. The van der Waals surface area contributed by atoms with E-state index in [1.165, 1.54) is 11.8 Å². The Hall–Kier alpha value is -2.08. The maximum absolute atomic E-state index is 12.2. The summed E-state index contributed by atoms with van der Waals surface area (Å²) in [7, 11) is 0. The fourth-order valence-corrected chi connectivity index (χ4v) is 3.79. The summed E-state index contributed by atoms with van der Waals surface area (Å²) in [6.07, 6.45) is 3.58. The number of piperidine rings is 1. The first-order valence-corrected chi connectivity index (χ1v) is 8.98. The number of amidine groups is 1. The lowest BCUT2D eigenvalue weighted by Gasteiger charge is -2.32. The number of hydrogen-bond donors (Lipinski definition) is 0. The minimum Gasteiger partial charge on any atom is -0.466 e. The minimum atomic E-state index is -0.211. The largest absolute Gasteiger partial charge is 0.466 e. The van der Waals surface area contributed by atoms with Crippen LogP contribution in [0.3, 0.4) is 0 Å². The van der Waals surface area contributed by atoms with Gasteiger partial charge in [-0.1, -0.05) is 30.3 Å². The number of hydrogen-bond acceptors (Lipinski definition) is 5. The number of benzene rings is 1. The molecular formula is C18H20N2O3S. The minimum absolute atomic E-state index is 0.140. The third kappa shape index (κ3) is 3.87. The van der Waals surface area contributed by atoms with Crippen LogP contribution in [-0.4, -0.2) is 41.6 Å². The van der Waals surface area contributed by atoms with Crippen LogP contribution < -0.4 is 0 Å². The molecule has 6 heteroatoms. The van der Waals surface area contributed by atoms with E-state index < -0.39 is 0 Å². The monoisotopic (exact) mass is 344 g/mol. The van der Waals surface area contributed by atoms with Crippen molar-refractivity contribution < 1.29 is 14.3 Å². The number of carbonyl (C=O) groups is 2. The Kier molecular flexibility index (Phi) is 5.35. The van der Waals surface area contributed by atoms with Gasteiger partial charge in [-0.05, 0) is 43.2 Å². The molecule has 0 N–H and O–H groups in total. The first kappa shape index (κ1) is 16.8. The normalized spacial score (nSPS) is 22.6. The van der Waals surface area contributed by atoms with E-state index in [4.69, 9.17) is 4.74 Å². The Morgan fingerprint density at radius 2 is 2.21 bits per heavy atom. The smallest absolute Gasteiger partial charge is 0.310 e. The average molecular weight is 344 g/mol. The third-order valence-electron chi connectivity index (χ3n) is 4.02. The van der Waals surface area contributed by atoms with Crippen molar-refractivity contribution in [2.75, 3.05) is 19.7 Å². The van der Waals surface area contributed by atoms with Gasteiger partial charge in [0.25, 0.3) is 5.91 Å². The quantitative estimate of drug-likeness (QED) is 0.623. The van der Waals surface area contributed by atoms with Crippen LogP contribution in [0.1, 0.15) is 25.3 Å². The predicted octanol–water partition coefficient (Wildman–Crippen LogP) is 2.93. The van der Waals surface area contributed by atoms with Crippen LogP contribution >= 0.6 is 11.8 Å². The highest BCUT2D eigenvalue weighted by atomic mass is 32.2. The lowest BCUT2D eigenvalue weighted by atomic mass is 9.99. The van der Waals surface area contributed by atoms with Gasteiger partial charge < -0.3 is 9.64 Å². The van der Waals surface area contributed by atoms with Crippen molar-refractivity contribution >= 4 is 34.9 Å². The predicted molar refractivity (Wildman–Crippen MR) is 95.4 cm³/mol. The molecule has 2 heterocycles. The molecule has 1 aromatic carbocycles. The van der Waals surface area contributed by atoms with Gasteiger partial charge in [-0.15, -0.1) is 0 Å². The maximum atomic E-state index is 12.2. The highest BCUT2D eigenvalue weighted by molar-refractivity contribution is 8.18. The van der Waals surface area contributed by atoms with Crippen molar-refractivity contribution in [3.8, 4) is 0 Å². The SMILES string of the molecule is CCOC(=O)[C@H]1CCCN(C2=NC(=O)/C(=C/c3ccccc3)S2)C1. The van der Waals surface area contributed by atoms with Crippen molar-refractivity contribution in [3.05, 3.63) is 40.8 Å². The average Bonchev–Trinajstić information content (AvgIpc) is 2.97. The number of esters is 1. The fraction of sp³-hybridized carbons (Fsp3) is 0.389. The molecule has 1 fully saturated rings. The van der Waals surface area contributed by atoms with Gasteiger partial charge in [-0.3, -0.25) is 9.59 Å². The van der Waals surface area contributed by atoms with Crippen molar-refractivity contribution in [2.45, 2.75) is 19.8 Å². The second-order valence-electron chi connectivity index (χ2n) is 5.76. The molecule has 1 amide bonds. The zero-order valence-electron chi connectivity index (χ0n) is 13.6. The van der Waals surface area contributed by atoms with E-state index in [9.17, 15) is 9.59 Å². The van der Waals surface area contributed by atoms with Crippen LogP contribution in [-0.2, 0) is 14.3 Å². The van der Waals surface area contributed by atoms with E-state index >= 15 is 0 Å². The number of amides is 1. The second-order valence-corrected chi connectivity index (χ2v) is 6.77. The lowest BCUT2D eigenvalue weighted by Crippen LogP contribution is -2.41. The molecule has 126 valence electrons. The molecule has 24 heavy (non-hydrogen) atoms. The van der Waals surface area contributed by atoms with E-state index in [0.717, 1.165) is 24.9 Å². The number of rotatable bonds is 3. The number of ether oxygens (including phenoxy) is 1. The fourth-order valence-electron chi connectivity index (χ4n) is 2.84. The Bertz CT molecular complexity index is 685. The van der Waals surface area contributed by atoms with Crippen molar-refractivity contribution in [1.29, 1.82) is 0 Å². The molecule has 2 aliphatic heterocycles. The van der Waals surface area contributed by atoms with Crippen LogP contribution in [0.25, 0.3) is 6.08 Å². The van der Waals surface area contributed by atoms with Crippen LogP contribution in [0.2, 0.25) is 0 Å². The van der Waals surface area contributed by atoms with E-state index in [0.29, 0.717) is 23.2 Å². The molecule has 0 bridgehead atoms. The molecule has 5 nitrogen and oxygen atoms in total. The van der Waals surface area contributed by atoms with Gasteiger partial charge in [0, 0.05) is 13.1 Å². The molecule has 0 aromatic heterocycles. The van der Waals surface area contributed by atoms with Gasteiger partial charge in [0.1, 0.15) is 0 Å². The number of likely N-dealkylation sites (tertiary alicyclic amines) is 1. The first-order valence-electron chi connectivity index (χ1n) is 8.16. The number of thioether (sulfide) groups is 1. The Morgan fingerprint density at radius 3 is 2.96 bits per heavy atom. The molecule has 2 aliphatic rings. The van der Waals surface area contributed by atoms with Crippen LogP contribution in [0.5, 0.6) is 0 Å². The van der Waals surface area contributed by atoms with Gasteiger partial charge in [-0.25, -0.2) is 0 Å². The van der Waals surface area contributed by atoms with Gasteiger partial charge >= 0.3 is 5.97 Å². The van der Waals surface area contributed by atoms with Gasteiger partial charge in [0.05, 0.1) is 17.4 Å². The molecule has 1 atom stereocenters. The summed E-state index contributed by atoms with van der Waals surface area (Å²) in [5, 5.41) is 0.691. The van der Waals surface area contributed by atoms with Gasteiger partial charge in [-0.2, -0.15) is 4.99 Å². The highest BCUT2D eigenvalue weighted by Gasteiger charge is 2.32. The summed E-state index contributed by atoms with van der Waals surface area (Å²) in [6.45, 7) is 3.59. The van der Waals surface area contributed by atoms with Gasteiger partial charge in [0.2, 0.25) is 0 Å². The molecule has 3 rings (SSSR count). The van der Waals surface area contributed by atoms with E-state index in [1.54, 1.807) is 0 Å². The molecule has 0 unspecified atom stereocenters. The maximum Gasteiger partial charge on any atom is 0.310 e. The second kappa shape index (κ2) is 7.66. The summed E-state index contributed by atoms with van der Waals surface area (Å²) in [4.78, 5) is 30.9. The zero-order valence-corrected chi connectivity index (χ0v) is 14.4. The highest BCUT2D eigenvalue weighted by Crippen LogP contribution is 2.32. The Labute approximate surface area is 145 Å². The van der Waals surface area contributed by atoms with Gasteiger partial charge in [0.15, 0.2) is 5.17 Å². The molecular weight excluding hydrogens is 324 g/mol. The standard InChI is InChI=1S/C18H20N2O3S/c1-2-23-17(22)14-9-6-10-20(12-14)18-19-16(21)15(24-18)11-13-7-4-3-5-8-13/h3-5,7-8,11,14H,2,6,9-10,12H2,1H3/b15-11-/t14-/m0/s1. The number of nitrogens with zero attached hydrogens (tertiary/aromatic N) is 2. The molecule has 0 spiro atoms. The van der Waals surface area contributed by atoms with Crippen LogP contribution in [0.4, 0.5) is 0 Å². The van der Waals surface area contributed by atoms with Crippen LogP contribution in [0.15, 0.2) is 40.2 Å². The molecule has 1 saturated heterocycles. The summed E-state index contributed by atoms with van der Waals surface area (Å²) in [5.74, 6) is -0.506. The molecule has 0 aliphatic carbocycles. The van der Waals surface area contributed by atoms with E-state index in [1.807, 2.05) is 48.2 Å². The van der Waals surface area contributed by atoms with Crippen molar-refractivity contribution in [2.24, 2.45) is 10.9 Å². The number of carbonyl (C=O) groups excluding carboxylic acids is 2. The van der Waals surface area contributed by atoms with E-state index in [-0.39, 0.29) is 17.8 Å². The summed E-state index contributed by atoms with van der Waals surface area (Å²) in [6, 6.07) is 9.73. The topological polar surface area (TPSA) is 59.0 Å². The Morgan fingerprint density at radius 1 is 1.42 bits per heavy atom. The molecule has 1 aromatic rings. The lowest BCUT2D eigenvalue weighted by molar-refractivity contribution is -0.149. The third-order valence-corrected chi connectivity index (χ3v) is 5.06.